The van der Waals surface area contributed by atoms with Crippen molar-refractivity contribution in [3.05, 3.63) is 67.3 Å². The highest BCUT2D eigenvalue weighted by Crippen LogP contribution is 2.36. The fourth-order valence-electron chi connectivity index (χ4n) is 1.54. The zero-order valence-corrected chi connectivity index (χ0v) is 14.4. The van der Waals surface area contributed by atoms with E-state index in [1.807, 2.05) is 24.3 Å². The molecule has 94 valence electrons. The number of hydrogen-bond donors (Lipinski definition) is 0. The fourth-order valence-corrected chi connectivity index (χ4v) is 2.95. The van der Waals surface area contributed by atoms with E-state index < -0.39 is 0 Å². The molecule has 2 aromatic rings. The number of hydrogen-bond acceptors (Lipinski definition) is 0. The van der Waals surface area contributed by atoms with Gasteiger partial charge in [-0.2, -0.15) is 0 Å². The highest BCUT2D eigenvalue weighted by atomic mass is 79.9. The Morgan fingerprint density at radius 1 is 1.06 bits per heavy atom. The van der Waals surface area contributed by atoms with E-state index >= 15 is 0 Å². The van der Waals surface area contributed by atoms with Crippen molar-refractivity contribution >= 4 is 59.4 Å². The van der Waals surface area contributed by atoms with Crippen LogP contribution in [-0.2, 0) is 0 Å². The molecule has 0 heterocycles. The summed E-state index contributed by atoms with van der Waals surface area (Å²) in [7, 11) is 0. The average molecular weight is 457 g/mol. The number of benzene rings is 2. The molecule has 18 heavy (non-hydrogen) atoms. The predicted molar refractivity (Wildman–Crippen MR) is 84.0 cm³/mol. The Morgan fingerprint density at radius 2 is 1.67 bits per heavy atom. The van der Waals surface area contributed by atoms with Crippen LogP contribution in [0.25, 0.3) is 0 Å². The van der Waals surface area contributed by atoms with Crippen LogP contribution in [0, 0.1) is 5.82 Å². The third kappa shape index (κ3) is 3.16. The molecule has 0 N–H and O–H groups in total. The van der Waals surface area contributed by atoms with E-state index in [9.17, 15) is 4.39 Å². The summed E-state index contributed by atoms with van der Waals surface area (Å²) in [5.74, 6) is -0.295. The van der Waals surface area contributed by atoms with Crippen LogP contribution in [0.15, 0.2) is 45.3 Å². The van der Waals surface area contributed by atoms with Gasteiger partial charge in [0.2, 0.25) is 0 Å². The Labute approximate surface area is 135 Å². The van der Waals surface area contributed by atoms with E-state index in [1.165, 1.54) is 6.07 Å². The Morgan fingerprint density at radius 3 is 2.28 bits per heavy atom. The number of rotatable bonds is 2. The van der Waals surface area contributed by atoms with Crippen molar-refractivity contribution in [2.75, 3.05) is 0 Å². The summed E-state index contributed by atoms with van der Waals surface area (Å²) < 4.78 is 15.5. The van der Waals surface area contributed by atoms with Crippen LogP contribution >= 0.6 is 59.4 Å². The molecule has 1 atom stereocenters. The van der Waals surface area contributed by atoms with Gasteiger partial charge in [-0.25, -0.2) is 4.39 Å². The van der Waals surface area contributed by atoms with Gasteiger partial charge in [-0.1, -0.05) is 55.6 Å². The van der Waals surface area contributed by atoms with Crippen LogP contribution in [0.2, 0.25) is 5.02 Å². The van der Waals surface area contributed by atoms with Crippen LogP contribution in [-0.4, -0.2) is 0 Å². The van der Waals surface area contributed by atoms with Crippen LogP contribution in [0.5, 0.6) is 0 Å². The van der Waals surface area contributed by atoms with Crippen molar-refractivity contribution in [2.24, 2.45) is 0 Å². The molecule has 0 aromatic heterocycles. The molecular formula is C13H7Br3ClF. The van der Waals surface area contributed by atoms with Gasteiger partial charge in [-0.3, -0.25) is 0 Å². The van der Waals surface area contributed by atoms with Gasteiger partial charge in [0.05, 0.1) is 9.85 Å². The van der Waals surface area contributed by atoms with Gasteiger partial charge >= 0.3 is 0 Å². The normalized spacial score (nSPS) is 12.5. The standard InChI is InChI=1S/C13H7Br3ClF/c14-8-3-1-7(2-4-8)13(16)9-5-11(17)10(15)6-12(9)18/h1-6,13H. The largest absolute Gasteiger partial charge is 0.207 e. The maximum absolute atomic E-state index is 13.9. The fraction of sp³-hybridized carbons (Fsp3) is 0.0769. The predicted octanol–water partition coefficient (Wildman–Crippen LogP) is 6.49. The second-order valence-electron chi connectivity index (χ2n) is 3.70. The van der Waals surface area contributed by atoms with Crippen LogP contribution < -0.4 is 0 Å². The molecule has 0 saturated carbocycles. The van der Waals surface area contributed by atoms with Gasteiger partial charge in [0.15, 0.2) is 0 Å². The minimum atomic E-state index is -0.295. The molecule has 0 spiro atoms. The molecule has 0 aliphatic rings. The minimum absolute atomic E-state index is 0.226. The monoisotopic (exact) mass is 454 g/mol. The third-order valence-corrected chi connectivity index (χ3v) is 5.22. The van der Waals surface area contributed by atoms with Gasteiger partial charge in [-0.15, -0.1) is 0 Å². The quantitative estimate of drug-likeness (QED) is 0.357. The molecule has 0 saturated heterocycles. The first-order valence-corrected chi connectivity index (χ1v) is 7.91. The molecule has 0 amide bonds. The second-order valence-corrected chi connectivity index (χ2v) is 6.79. The van der Waals surface area contributed by atoms with Crippen LogP contribution in [0.3, 0.4) is 0 Å². The van der Waals surface area contributed by atoms with Crippen molar-refractivity contribution in [1.29, 1.82) is 0 Å². The molecule has 0 bridgehead atoms. The summed E-state index contributed by atoms with van der Waals surface area (Å²) in [6.45, 7) is 0. The molecule has 2 rings (SSSR count). The lowest BCUT2D eigenvalue weighted by Gasteiger charge is -2.13. The summed E-state index contributed by atoms with van der Waals surface area (Å²) in [4.78, 5) is -0.226. The Balaban J connectivity index is 2.42. The summed E-state index contributed by atoms with van der Waals surface area (Å²) in [5.41, 5.74) is 1.49. The van der Waals surface area contributed by atoms with E-state index in [0.29, 0.717) is 15.1 Å². The van der Waals surface area contributed by atoms with Gasteiger partial charge < -0.3 is 0 Å². The Bertz CT molecular complexity index is 569. The van der Waals surface area contributed by atoms with Crippen molar-refractivity contribution in [2.45, 2.75) is 4.83 Å². The maximum Gasteiger partial charge on any atom is 0.129 e. The van der Waals surface area contributed by atoms with Crippen molar-refractivity contribution in [1.82, 2.24) is 0 Å². The van der Waals surface area contributed by atoms with Crippen LogP contribution in [0.4, 0.5) is 4.39 Å². The van der Waals surface area contributed by atoms with Crippen molar-refractivity contribution in [3.8, 4) is 0 Å². The minimum Gasteiger partial charge on any atom is -0.207 e. The molecule has 5 heteroatoms. The maximum atomic E-state index is 13.9. The molecule has 0 radical (unpaired) electrons. The molecule has 2 aromatic carbocycles. The molecule has 0 fully saturated rings. The molecular weight excluding hydrogens is 450 g/mol. The number of halogens is 5. The lowest BCUT2D eigenvalue weighted by molar-refractivity contribution is 0.612. The number of alkyl halides is 1. The Kier molecular flexibility index (Phi) is 4.86. The first-order valence-electron chi connectivity index (χ1n) is 5.03. The average Bonchev–Trinajstić information content (AvgIpc) is 2.34. The third-order valence-electron chi connectivity index (χ3n) is 2.48. The van der Waals surface area contributed by atoms with Gasteiger partial charge in [-0.05, 0) is 45.8 Å². The summed E-state index contributed by atoms with van der Waals surface area (Å²) in [5, 5.41) is 0.493. The van der Waals surface area contributed by atoms with E-state index in [2.05, 4.69) is 47.8 Å². The van der Waals surface area contributed by atoms with E-state index in [0.717, 1.165) is 10.0 Å². The summed E-state index contributed by atoms with van der Waals surface area (Å²) in [6.07, 6.45) is 0. The smallest absolute Gasteiger partial charge is 0.129 e. The SMILES string of the molecule is Fc1cc(Br)c(Cl)cc1C(Br)c1ccc(Br)cc1. The first-order chi connectivity index (χ1) is 8.49. The van der Waals surface area contributed by atoms with Crippen molar-refractivity contribution < 1.29 is 4.39 Å². The molecule has 0 nitrogen and oxygen atoms in total. The van der Waals surface area contributed by atoms with Crippen molar-refractivity contribution in [3.63, 3.8) is 0 Å². The van der Waals surface area contributed by atoms with Gasteiger partial charge in [0, 0.05) is 14.5 Å². The zero-order valence-electron chi connectivity index (χ0n) is 8.93. The Hall–Kier alpha value is 0.1000. The summed E-state index contributed by atoms with van der Waals surface area (Å²) >= 11 is 16.1. The first kappa shape index (κ1) is 14.5. The second kappa shape index (κ2) is 6.04. The molecule has 0 aliphatic heterocycles. The highest BCUT2D eigenvalue weighted by Gasteiger charge is 2.16. The van der Waals surface area contributed by atoms with E-state index in [1.54, 1.807) is 6.07 Å². The van der Waals surface area contributed by atoms with E-state index in [4.69, 9.17) is 11.6 Å². The van der Waals surface area contributed by atoms with Crippen LogP contribution in [0.1, 0.15) is 16.0 Å². The topological polar surface area (TPSA) is 0 Å². The molecule has 0 aliphatic carbocycles. The van der Waals surface area contributed by atoms with E-state index in [-0.39, 0.29) is 10.6 Å². The van der Waals surface area contributed by atoms with Gasteiger partial charge in [0.1, 0.15) is 5.82 Å². The molecule has 1 unspecified atom stereocenters. The zero-order chi connectivity index (χ0) is 13.3. The lowest BCUT2D eigenvalue weighted by atomic mass is 10.0. The lowest BCUT2D eigenvalue weighted by Crippen LogP contribution is -1.97. The highest BCUT2D eigenvalue weighted by molar-refractivity contribution is 9.11. The summed E-state index contributed by atoms with van der Waals surface area (Å²) in [6, 6.07) is 10.7. The van der Waals surface area contributed by atoms with Gasteiger partial charge in [0.25, 0.3) is 0 Å².